The van der Waals surface area contributed by atoms with E-state index in [9.17, 15) is 0 Å². The van der Waals surface area contributed by atoms with Crippen LogP contribution in [0.25, 0.3) is 0 Å². The highest BCUT2D eigenvalue weighted by atomic mass is 35.5. The Morgan fingerprint density at radius 2 is 2.00 bits per heavy atom. The van der Waals surface area contributed by atoms with Gasteiger partial charge in [0.25, 0.3) is 0 Å². The molecular weight excluding hydrogens is 122 g/mol. The van der Waals surface area contributed by atoms with Crippen molar-refractivity contribution in [1.82, 2.24) is 0 Å². The van der Waals surface area contributed by atoms with Crippen LogP contribution in [0, 0.1) is 5.92 Å². The zero-order valence-corrected chi connectivity index (χ0v) is 6.28. The molecule has 0 radical (unpaired) electrons. The zero-order valence-electron chi connectivity index (χ0n) is 5.52. The van der Waals surface area contributed by atoms with E-state index in [1.807, 2.05) is 0 Å². The van der Waals surface area contributed by atoms with E-state index in [2.05, 4.69) is 13.8 Å². The largest absolute Gasteiger partial charge is 0.327 e. The number of hydrogen-bond donors (Lipinski definition) is 1. The molecule has 8 heavy (non-hydrogen) atoms. The minimum absolute atomic E-state index is 0.191. The molecule has 0 spiro atoms. The molecule has 0 unspecified atom stereocenters. The van der Waals surface area contributed by atoms with Crippen LogP contribution in [0.2, 0.25) is 0 Å². The predicted octanol–water partition coefficient (Wildman–Crippen LogP) is 1.60. The summed E-state index contributed by atoms with van der Waals surface area (Å²) in [6.07, 6.45) is 1.03. The lowest BCUT2D eigenvalue weighted by Crippen LogP contribution is -2.23. The highest BCUT2D eigenvalue weighted by molar-refractivity contribution is 6.18. The van der Waals surface area contributed by atoms with E-state index in [1.54, 1.807) is 0 Å². The van der Waals surface area contributed by atoms with Crippen molar-refractivity contribution in [3.05, 3.63) is 0 Å². The van der Waals surface area contributed by atoms with Crippen molar-refractivity contribution >= 4 is 11.6 Å². The summed E-state index contributed by atoms with van der Waals surface area (Å²) in [5.74, 6) is 1.25. The topological polar surface area (TPSA) is 26.0 Å². The van der Waals surface area contributed by atoms with Crippen LogP contribution >= 0.6 is 11.6 Å². The van der Waals surface area contributed by atoms with Gasteiger partial charge in [-0.05, 0) is 12.3 Å². The maximum Gasteiger partial charge on any atom is 0.0375 e. The highest BCUT2D eigenvalue weighted by Crippen LogP contribution is 2.02. The van der Waals surface area contributed by atoms with E-state index in [0.717, 1.165) is 6.42 Å². The van der Waals surface area contributed by atoms with E-state index in [1.165, 1.54) is 0 Å². The zero-order chi connectivity index (χ0) is 6.57. The Balaban J connectivity index is 3.10. The summed E-state index contributed by atoms with van der Waals surface area (Å²) in [7, 11) is 0. The molecule has 0 rings (SSSR count). The van der Waals surface area contributed by atoms with Crippen LogP contribution in [0.4, 0.5) is 0 Å². The number of rotatable bonds is 3. The van der Waals surface area contributed by atoms with Crippen molar-refractivity contribution < 1.29 is 0 Å². The minimum Gasteiger partial charge on any atom is -0.327 e. The van der Waals surface area contributed by atoms with Gasteiger partial charge in [-0.1, -0.05) is 13.8 Å². The molecule has 0 aromatic rings. The van der Waals surface area contributed by atoms with Crippen LogP contribution in [-0.2, 0) is 0 Å². The second kappa shape index (κ2) is 4.16. The maximum atomic E-state index is 5.54. The van der Waals surface area contributed by atoms with Crippen LogP contribution in [-0.4, -0.2) is 11.9 Å². The van der Waals surface area contributed by atoms with Gasteiger partial charge in [-0.15, -0.1) is 11.6 Å². The van der Waals surface area contributed by atoms with Crippen molar-refractivity contribution in [3.8, 4) is 0 Å². The third-order valence-electron chi connectivity index (χ3n) is 0.972. The Hall–Kier alpha value is 0.250. The van der Waals surface area contributed by atoms with Crippen molar-refractivity contribution in [2.45, 2.75) is 26.3 Å². The summed E-state index contributed by atoms with van der Waals surface area (Å²) < 4.78 is 0. The lowest BCUT2D eigenvalue weighted by Gasteiger charge is -2.08. The Morgan fingerprint density at radius 3 is 2.12 bits per heavy atom. The first kappa shape index (κ1) is 8.25. The number of alkyl halides is 1. The van der Waals surface area contributed by atoms with Gasteiger partial charge in [-0.3, -0.25) is 0 Å². The molecule has 0 saturated carbocycles. The molecule has 2 heteroatoms. The number of hydrogen-bond acceptors (Lipinski definition) is 1. The highest BCUT2D eigenvalue weighted by Gasteiger charge is 2.01. The molecule has 50 valence electrons. The molecule has 0 aliphatic rings. The van der Waals surface area contributed by atoms with Gasteiger partial charge in [0.2, 0.25) is 0 Å². The molecular formula is C6H14ClN. The van der Waals surface area contributed by atoms with Crippen LogP contribution < -0.4 is 5.73 Å². The molecule has 2 N–H and O–H groups in total. The molecule has 0 bridgehead atoms. The van der Waals surface area contributed by atoms with E-state index in [0.29, 0.717) is 11.8 Å². The molecule has 0 aliphatic carbocycles. The smallest absolute Gasteiger partial charge is 0.0375 e. The van der Waals surface area contributed by atoms with Crippen LogP contribution in [0.5, 0.6) is 0 Å². The SMILES string of the molecule is CC(C)C[C@H](N)CCl. The quantitative estimate of drug-likeness (QED) is 0.585. The standard InChI is InChI=1S/C6H14ClN/c1-5(2)3-6(8)4-7/h5-6H,3-4,8H2,1-2H3/t6-/m0/s1. The van der Waals surface area contributed by atoms with Gasteiger partial charge >= 0.3 is 0 Å². The van der Waals surface area contributed by atoms with Gasteiger partial charge in [-0.25, -0.2) is 0 Å². The lowest BCUT2D eigenvalue weighted by molar-refractivity contribution is 0.523. The molecule has 0 aromatic carbocycles. The number of nitrogens with two attached hydrogens (primary N) is 1. The van der Waals surface area contributed by atoms with Gasteiger partial charge in [0, 0.05) is 11.9 Å². The monoisotopic (exact) mass is 135 g/mol. The Bertz CT molecular complexity index is 54.5. The maximum absolute atomic E-state index is 5.54. The second-order valence-corrected chi connectivity index (χ2v) is 2.85. The van der Waals surface area contributed by atoms with Crippen LogP contribution in [0.15, 0.2) is 0 Å². The Labute approximate surface area is 56.2 Å². The fraction of sp³-hybridized carbons (Fsp3) is 1.00. The lowest BCUT2D eigenvalue weighted by atomic mass is 10.1. The number of halogens is 1. The summed E-state index contributed by atoms with van der Waals surface area (Å²) in [4.78, 5) is 0. The molecule has 0 aromatic heterocycles. The van der Waals surface area contributed by atoms with Crippen LogP contribution in [0.3, 0.4) is 0 Å². The molecule has 1 atom stereocenters. The second-order valence-electron chi connectivity index (χ2n) is 2.54. The normalized spacial score (nSPS) is 14.6. The van der Waals surface area contributed by atoms with Crippen LogP contribution in [0.1, 0.15) is 20.3 Å². The Kier molecular flexibility index (Phi) is 4.29. The first-order chi connectivity index (χ1) is 3.66. The fourth-order valence-corrected chi connectivity index (χ4v) is 0.794. The molecule has 0 amide bonds. The summed E-state index contributed by atoms with van der Waals surface area (Å²) in [5, 5.41) is 0. The van der Waals surface area contributed by atoms with Gasteiger partial charge < -0.3 is 5.73 Å². The first-order valence-electron chi connectivity index (χ1n) is 2.98. The Morgan fingerprint density at radius 1 is 1.50 bits per heavy atom. The van der Waals surface area contributed by atoms with Gasteiger partial charge in [0.15, 0.2) is 0 Å². The minimum atomic E-state index is 0.191. The molecule has 1 nitrogen and oxygen atoms in total. The van der Waals surface area contributed by atoms with Crippen molar-refractivity contribution in [3.63, 3.8) is 0 Å². The van der Waals surface area contributed by atoms with Gasteiger partial charge in [-0.2, -0.15) is 0 Å². The van der Waals surface area contributed by atoms with Crippen molar-refractivity contribution in [2.24, 2.45) is 11.7 Å². The van der Waals surface area contributed by atoms with Crippen molar-refractivity contribution in [1.29, 1.82) is 0 Å². The predicted molar refractivity (Wildman–Crippen MR) is 38.2 cm³/mol. The van der Waals surface area contributed by atoms with Gasteiger partial charge in [0.1, 0.15) is 0 Å². The average molecular weight is 136 g/mol. The first-order valence-corrected chi connectivity index (χ1v) is 3.51. The molecule has 0 heterocycles. The average Bonchev–Trinajstić information content (AvgIpc) is 1.65. The summed E-state index contributed by atoms with van der Waals surface area (Å²) in [6, 6.07) is 0.191. The van der Waals surface area contributed by atoms with E-state index < -0.39 is 0 Å². The summed E-state index contributed by atoms with van der Waals surface area (Å²) in [5.41, 5.74) is 5.54. The van der Waals surface area contributed by atoms with E-state index in [-0.39, 0.29) is 6.04 Å². The van der Waals surface area contributed by atoms with Gasteiger partial charge in [0.05, 0.1) is 0 Å². The van der Waals surface area contributed by atoms with E-state index in [4.69, 9.17) is 17.3 Å². The molecule has 0 aliphatic heterocycles. The summed E-state index contributed by atoms with van der Waals surface area (Å²) >= 11 is 5.47. The molecule has 0 saturated heterocycles. The summed E-state index contributed by atoms with van der Waals surface area (Å²) in [6.45, 7) is 4.29. The molecule has 0 fully saturated rings. The third kappa shape index (κ3) is 4.41. The van der Waals surface area contributed by atoms with Crippen molar-refractivity contribution in [2.75, 3.05) is 5.88 Å². The third-order valence-corrected chi connectivity index (χ3v) is 1.37. The fourth-order valence-electron chi connectivity index (χ4n) is 0.668. The van der Waals surface area contributed by atoms with E-state index >= 15 is 0 Å².